The van der Waals surface area contributed by atoms with E-state index in [9.17, 15) is 26.9 Å². The minimum atomic E-state index is -4.73. The molecule has 4 rings (SSSR count). The monoisotopic (exact) mass is 485 g/mol. The Morgan fingerprint density at radius 3 is 2.47 bits per heavy atom. The van der Waals surface area contributed by atoms with E-state index < -0.39 is 27.1 Å². The molecule has 0 amide bonds. The first-order chi connectivity index (χ1) is 16.0. The van der Waals surface area contributed by atoms with Gasteiger partial charge in [0.25, 0.3) is 0 Å². The third kappa shape index (κ3) is 4.25. The molecule has 0 fully saturated rings. The molecule has 1 aromatic carbocycles. The highest BCUT2D eigenvalue weighted by molar-refractivity contribution is 7.89. The summed E-state index contributed by atoms with van der Waals surface area (Å²) in [5.74, 6) is 0.522. The highest BCUT2D eigenvalue weighted by Gasteiger charge is 2.39. The number of nitrogens with one attached hydrogen (secondary N) is 1. The molecule has 0 radical (unpaired) electrons. The van der Waals surface area contributed by atoms with Crippen LogP contribution >= 0.6 is 0 Å². The Morgan fingerprint density at radius 1 is 1.12 bits per heavy atom. The summed E-state index contributed by atoms with van der Waals surface area (Å²) in [5.41, 5.74) is 2.63. The molecule has 0 bridgehead atoms. The average molecular weight is 485 g/mol. The second-order valence-electron chi connectivity index (χ2n) is 7.64. The van der Waals surface area contributed by atoms with Gasteiger partial charge in [0.05, 0.1) is 22.5 Å². The number of aryl methyl sites for hydroxylation is 1. The Kier molecular flexibility index (Phi) is 5.89. The van der Waals surface area contributed by atoms with E-state index in [0.717, 1.165) is 17.8 Å². The third-order valence-electron chi connectivity index (χ3n) is 5.23. The van der Waals surface area contributed by atoms with Crippen LogP contribution in [0.5, 0.6) is 0 Å². The highest BCUT2D eigenvalue weighted by atomic mass is 32.2. The summed E-state index contributed by atoms with van der Waals surface area (Å²) in [4.78, 5) is 8.16. The van der Waals surface area contributed by atoms with Crippen LogP contribution in [0, 0.1) is 18.3 Å². The molecule has 3 aromatic heterocycles. The van der Waals surface area contributed by atoms with Crippen LogP contribution in [0.25, 0.3) is 28.1 Å². The summed E-state index contributed by atoms with van der Waals surface area (Å²) in [6.45, 7) is 2.62. The van der Waals surface area contributed by atoms with Gasteiger partial charge in [0, 0.05) is 17.8 Å². The smallest absolute Gasteiger partial charge is 0.291 e. The van der Waals surface area contributed by atoms with Gasteiger partial charge in [-0.1, -0.05) is 18.2 Å². The Hall–Kier alpha value is -3.75. The van der Waals surface area contributed by atoms with Gasteiger partial charge in [0.15, 0.2) is 0 Å². The standard InChI is InChI=1S/C23H18F3N5O2S/c1-14-6-8-17-18(12-27)22(31(20(17)11-14)21-5-3-4-10-28-21)19-9-7-16(13-29-19)34(32,33)30-15(2)23(24,25)26/h3-11,13,15,30H,1-2H3/t15-/m1/s1. The first-order valence-corrected chi connectivity index (χ1v) is 11.5. The lowest BCUT2D eigenvalue weighted by atomic mass is 10.1. The highest BCUT2D eigenvalue weighted by Crippen LogP contribution is 2.35. The van der Waals surface area contributed by atoms with Crippen molar-refractivity contribution >= 4 is 20.9 Å². The predicted molar refractivity (Wildman–Crippen MR) is 120 cm³/mol. The summed E-state index contributed by atoms with van der Waals surface area (Å²) in [5, 5.41) is 10.6. The molecule has 0 saturated carbocycles. The van der Waals surface area contributed by atoms with Crippen molar-refractivity contribution in [2.75, 3.05) is 0 Å². The second kappa shape index (κ2) is 8.55. The minimum absolute atomic E-state index is 0.263. The van der Waals surface area contributed by atoms with E-state index in [0.29, 0.717) is 34.9 Å². The largest absolute Gasteiger partial charge is 0.404 e. The van der Waals surface area contributed by atoms with E-state index in [4.69, 9.17) is 0 Å². The van der Waals surface area contributed by atoms with Gasteiger partial charge in [0.2, 0.25) is 10.0 Å². The lowest BCUT2D eigenvalue weighted by Gasteiger charge is -2.17. The molecule has 0 aliphatic heterocycles. The molecule has 0 aliphatic carbocycles. The molecule has 174 valence electrons. The Labute approximate surface area is 193 Å². The lowest BCUT2D eigenvalue weighted by molar-refractivity contribution is -0.147. The van der Waals surface area contributed by atoms with Crippen LogP contribution in [0.3, 0.4) is 0 Å². The van der Waals surface area contributed by atoms with Crippen molar-refractivity contribution in [3.8, 4) is 23.3 Å². The quantitative estimate of drug-likeness (QED) is 0.449. The molecule has 11 heteroatoms. The average Bonchev–Trinajstić information content (AvgIpc) is 3.12. The Bertz CT molecular complexity index is 1510. The zero-order chi connectivity index (χ0) is 24.7. The number of rotatable bonds is 5. The summed E-state index contributed by atoms with van der Waals surface area (Å²) in [6, 6.07) is 13.3. The van der Waals surface area contributed by atoms with Gasteiger partial charge in [-0.25, -0.2) is 13.4 Å². The van der Waals surface area contributed by atoms with Crippen LogP contribution in [0.15, 0.2) is 65.8 Å². The fourth-order valence-corrected chi connectivity index (χ4v) is 4.70. The number of nitriles is 1. The summed E-state index contributed by atoms with van der Waals surface area (Å²) in [6.07, 6.45) is -2.17. The summed E-state index contributed by atoms with van der Waals surface area (Å²) >= 11 is 0. The number of pyridine rings is 2. The second-order valence-corrected chi connectivity index (χ2v) is 9.36. The third-order valence-corrected chi connectivity index (χ3v) is 6.75. The van der Waals surface area contributed by atoms with Gasteiger partial charge in [-0.3, -0.25) is 9.55 Å². The van der Waals surface area contributed by atoms with E-state index in [2.05, 4.69) is 16.0 Å². The van der Waals surface area contributed by atoms with Gasteiger partial charge in [0.1, 0.15) is 22.8 Å². The predicted octanol–water partition coefficient (Wildman–Crippen LogP) is 4.50. The van der Waals surface area contributed by atoms with E-state index in [1.54, 1.807) is 33.7 Å². The minimum Gasteiger partial charge on any atom is -0.291 e. The van der Waals surface area contributed by atoms with Crippen molar-refractivity contribution in [2.45, 2.75) is 31.0 Å². The Balaban J connectivity index is 1.87. The van der Waals surface area contributed by atoms with Gasteiger partial charge in [-0.05, 0) is 49.7 Å². The number of fused-ring (bicyclic) bond motifs is 1. The van der Waals surface area contributed by atoms with Gasteiger partial charge < -0.3 is 0 Å². The summed E-state index contributed by atoms with van der Waals surface area (Å²) < 4.78 is 66.6. The van der Waals surface area contributed by atoms with E-state index >= 15 is 0 Å². The SMILES string of the molecule is Cc1ccc2c(C#N)c(-c3ccc(S(=O)(=O)N[C@H](C)C(F)(F)F)cn3)n(-c3ccccn3)c2c1. The van der Waals surface area contributed by atoms with Crippen LogP contribution in [-0.2, 0) is 10.0 Å². The molecule has 34 heavy (non-hydrogen) atoms. The molecule has 0 aliphatic rings. The maximum absolute atomic E-state index is 12.8. The molecule has 1 atom stereocenters. The normalized spacial score (nSPS) is 13.1. The van der Waals surface area contributed by atoms with E-state index in [1.165, 1.54) is 6.07 Å². The number of hydrogen-bond acceptors (Lipinski definition) is 5. The molecule has 3 heterocycles. The fraction of sp³-hybridized carbons (Fsp3) is 0.174. The van der Waals surface area contributed by atoms with Crippen LogP contribution in [0.2, 0.25) is 0 Å². The van der Waals surface area contributed by atoms with Crippen molar-refractivity contribution in [2.24, 2.45) is 0 Å². The number of nitrogens with zero attached hydrogens (tertiary/aromatic N) is 4. The topological polar surface area (TPSA) is 101 Å². The number of alkyl halides is 3. The molecule has 1 N–H and O–H groups in total. The number of hydrogen-bond donors (Lipinski definition) is 1. The van der Waals surface area contributed by atoms with Crippen LogP contribution in [0.1, 0.15) is 18.1 Å². The number of sulfonamides is 1. The first-order valence-electron chi connectivity index (χ1n) is 10.0. The molecule has 0 spiro atoms. The van der Waals surface area contributed by atoms with Crippen molar-refractivity contribution in [3.63, 3.8) is 0 Å². The van der Waals surface area contributed by atoms with Crippen molar-refractivity contribution in [1.29, 1.82) is 5.26 Å². The zero-order valence-electron chi connectivity index (χ0n) is 18.0. The maximum Gasteiger partial charge on any atom is 0.404 e. The van der Waals surface area contributed by atoms with Gasteiger partial charge >= 0.3 is 6.18 Å². The lowest BCUT2D eigenvalue weighted by Crippen LogP contribution is -2.42. The molecule has 0 unspecified atom stereocenters. The van der Waals surface area contributed by atoms with Crippen molar-refractivity contribution in [3.05, 3.63) is 72.1 Å². The van der Waals surface area contributed by atoms with Gasteiger partial charge in [-0.2, -0.15) is 23.2 Å². The molecular formula is C23H18F3N5O2S. The zero-order valence-corrected chi connectivity index (χ0v) is 18.8. The van der Waals surface area contributed by atoms with Crippen LogP contribution in [-0.4, -0.2) is 35.2 Å². The first kappa shape index (κ1) is 23.4. The van der Waals surface area contributed by atoms with Crippen molar-refractivity contribution < 1.29 is 21.6 Å². The van der Waals surface area contributed by atoms with Crippen molar-refractivity contribution in [1.82, 2.24) is 19.3 Å². The number of benzene rings is 1. The van der Waals surface area contributed by atoms with E-state index in [1.807, 2.05) is 25.1 Å². The molecule has 0 saturated heterocycles. The number of halogens is 3. The Morgan fingerprint density at radius 2 is 1.88 bits per heavy atom. The molecule has 4 aromatic rings. The van der Waals surface area contributed by atoms with Gasteiger partial charge in [-0.15, -0.1) is 0 Å². The van der Waals surface area contributed by atoms with Crippen LogP contribution in [0.4, 0.5) is 13.2 Å². The number of aromatic nitrogens is 3. The van der Waals surface area contributed by atoms with E-state index in [-0.39, 0.29) is 5.69 Å². The van der Waals surface area contributed by atoms with Crippen LogP contribution < -0.4 is 4.72 Å². The summed E-state index contributed by atoms with van der Waals surface area (Å²) in [7, 11) is -4.47. The molecule has 7 nitrogen and oxygen atoms in total. The fourth-order valence-electron chi connectivity index (χ4n) is 3.52. The maximum atomic E-state index is 12.8. The molecular weight excluding hydrogens is 467 g/mol.